The van der Waals surface area contributed by atoms with Gasteiger partial charge in [0, 0.05) is 23.3 Å². The maximum atomic E-state index is 12.7. The van der Waals surface area contributed by atoms with Gasteiger partial charge in [-0.2, -0.15) is 9.50 Å². The normalized spacial score (nSPS) is 11.2. The molecule has 0 aliphatic heterocycles. The topological polar surface area (TPSA) is 93.3 Å². The zero-order chi connectivity index (χ0) is 24.2. The number of rotatable bonds is 7. The van der Waals surface area contributed by atoms with Gasteiger partial charge in [-0.1, -0.05) is 43.6 Å². The van der Waals surface area contributed by atoms with Gasteiger partial charge in [0.1, 0.15) is 6.33 Å². The van der Waals surface area contributed by atoms with E-state index in [2.05, 4.69) is 34.4 Å². The minimum atomic E-state index is -0.396. The first-order valence-electron chi connectivity index (χ1n) is 10.8. The second-order valence-electron chi connectivity index (χ2n) is 8.31. The highest BCUT2D eigenvalue weighted by atomic mass is 35.5. The van der Waals surface area contributed by atoms with Crippen molar-refractivity contribution in [2.24, 2.45) is 5.92 Å². The highest BCUT2D eigenvalue weighted by Gasteiger charge is 2.12. The van der Waals surface area contributed by atoms with E-state index in [4.69, 9.17) is 11.6 Å². The molecule has 0 aliphatic rings. The molecule has 4 rings (SSSR count). The largest absolute Gasteiger partial charge is 0.323 e. The summed E-state index contributed by atoms with van der Waals surface area (Å²) in [4.78, 5) is 34.9. The van der Waals surface area contributed by atoms with Crippen LogP contribution in [0.3, 0.4) is 0 Å². The number of hydrogen-bond acceptors (Lipinski definition) is 5. The first-order valence-corrected chi connectivity index (χ1v) is 12.2. The second kappa shape index (κ2) is 10.3. The molecule has 176 valence electrons. The summed E-state index contributed by atoms with van der Waals surface area (Å²) in [5, 5.41) is 6.11. The number of anilines is 2. The number of carbonyl (C=O) groups excluding carboxylic acids is 1. The van der Waals surface area contributed by atoms with E-state index in [1.54, 1.807) is 23.1 Å². The van der Waals surface area contributed by atoms with E-state index >= 15 is 0 Å². The number of benzene rings is 2. The van der Waals surface area contributed by atoms with Crippen LogP contribution in [0.2, 0.25) is 5.02 Å². The van der Waals surface area contributed by atoms with Crippen molar-refractivity contribution in [3.63, 3.8) is 0 Å². The smallest absolute Gasteiger partial charge is 0.307 e. The van der Waals surface area contributed by atoms with Gasteiger partial charge in [0.15, 0.2) is 0 Å². The number of hydrogen-bond donors (Lipinski definition) is 2. The fourth-order valence-electron chi connectivity index (χ4n) is 3.43. The maximum Gasteiger partial charge on any atom is 0.323 e. The monoisotopic (exact) mass is 496 g/mol. The van der Waals surface area contributed by atoms with E-state index in [1.807, 2.05) is 37.3 Å². The molecule has 0 atom stereocenters. The van der Waals surface area contributed by atoms with Crippen molar-refractivity contribution in [3.8, 4) is 0 Å². The molecule has 2 heterocycles. The number of nitrogens with zero attached hydrogens (tertiary/aromatic N) is 4. The van der Waals surface area contributed by atoms with E-state index in [9.17, 15) is 9.59 Å². The molecule has 2 aromatic carbocycles. The minimum Gasteiger partial charge on any atom is -0.307 e. The molecule has 2 N–H and O–H groups in total. The first-order chi connectivity index (χ1) is 16.3. The van der Waals surface area contributed by atoms with Crippen LogP contribution < -0.4 is 16.2 Å². The van der Waals surface area contributed by atoms with Crippen molar-refractivity contribution in [1.82, 2.24) is 19.2 Å². The summed E-state index contributed by atoms with van der Waals surface area (Å²) in [5.41, 5.74) is 2.64. The Balaban J connectivity index is 1.46. The number of aromatic nitrogens is 4. The van der Waals surface area contributed by atoms with E-state index in [1.165, 1.54) is 22.3 Å². The van der Waals surface area contributed by atoms with Gasteiger partial charge in [-0.3, -0.25) is 9.48 Å². The van der Waals surface area contributed by atoms with Crippen molar-refractivity contribution in [2.45, 2.75) is 38.0 Å². The van der Waals surface area contributed by atoms with Gasteiger partial charge in [-0.25, -0.2) is 9.78 Å². The number of halogens is 1. The molecule has 0 spiro atoms. The number of aryl methyl sites for hydroxylation is 1. The van der Waals surface area contributed by atoms with Crippen LogP contribution >= 0.6 is 23.4 Å². The zero-order valence-electron chi connectivity index (χ0n) is 19.1. The lowest BCUT2D eigenvalue weighted by molar-refractivity contribution is 0.262. The third kappa shape index (κ3) is 5.60. The molecule has 0 radical (unpaired) electrons. The number of urea groups is 1. The van der Waals surface area contributed by atoms with Crippen molar-refractivity contribution in [3.05, 3.63) is 81.5 Å². The Morgan fingerprint density at radius 1 is 1.12 bits per heavy atom. The van der Waals surface area contributed by atoms with Crippen LogP contribution in [0.25, 0.3) is 5.78 Å². The van der Waals surface area contributed by atoms with E-state index in [0.717, 1.165) is 10.5 Å². The first kappa shape index (κ1) is 23.8. The Hall–Kier alpha value is -3.30. The Morgan fingerprint density at radius 3 is 2.65 bits per heavy atom. The Morgan fingerprint density at radius 2 is 1.88 bits per heavy atom. The third-order valence-corrected chi connectivity index (χ3v) is 6.35. The molecule has 2 amide bonds. The standard InChI is InChI=1S/C24H25ClN6O2S/c1-15(2)12-30-14-26-23-27-17(11-22(32)31(23)30)13-34-21-7-5-4-6-20(21)29-24(33)28-19-9-8-16(3)10-18(19)25/h4-11,14-15H,12-13H2,1-3H3,(H2,28,29,33). The van der Waals surface area contributed by atoms with Gasteiger partial charge in [0.05, 0.1) is 22.1 Å². The molecule has 0 saturated carbocycles. The average molecular weight is 497 g/mol. The number of nitrogens with one attached hydrogen (secondary N) is 2. The number of amides is 2. The molecule has 0 aliphatic carbocycles. The summed E-state index contributed by atoms with van der Waals surface area (Å²) in [7, 11) is 0. The Labute approximate surface area is 206 Å². The predicted molar refractivity (Wildman–Crippen MR) is 137 cm³/mol. The molecule has 2 aromatic heterocycles. The lowest BCUT2D eigenvalue weighted by Gasteiger charge is -2.13. The highest BCUT2D eigenvalue weighted by molar-refractivity contribution is 7.98. The van der Waals surface area contributed by atoms with Crippen LogP contribution in [0, 0.1) is 12.8 Å². The molecule has 4 aromatic rings. The summed E-state index contributed by atoms with van der Waals surface area (Å²) in [6.45, 7) is 6.77. The zero-order valence-corrected chi connectivity index (χ0v) is 20.7. The molecule has 0 saturated heterocycles. The Kier molecular flexibility index (Phi) is 7.23. The maximum absolute atomic E-state index is 12.7. The quantitative estimate of drug-likeness (QED) is 0.332. The van der Waals surface area contributed by atoms with Crippen LogP contribution in [-0.2, 0) is 12.3 Å². The van der Waals surface area contributed by atoms with E-state index in [0.29, 0.717) is 46.1 Å². The SMILES string of the molecule is Cc1ccc(NC(=O)Nc2ccccc2SCc2cc(=O)n3c(ncn3CC(C)C)n2)c(Cl)c1. The highest BCUT2D eigenvalue weighted by Crippen LogP contribution is 2.30. The summed E-state index contributed by atoms with van der Waals surface area (Å²) in [5.74, 6) is 1.21. The fraction of sp³-hybridized carbons (Fsp3) is 0.250. The number of thioether (sulfide) groups is 1. The van der Waals surface area contributed by atoms with Crippen molar-refractivity contribution < 1.29 is 4.79 Å². The van der Waals surface area contributed by atoms with Crippen molar-refractivity contribution in [1.29, 1.82) is 0 Å². The summed E-state index contributed by atoms with van der Waals surface area (Å²) < 4.78 is 3.27. The molecular weight excluding hydrogens is 472 g/mol. The van der Waals surface area contributed by atoms with E-state index in [-0.39, 0.29) is 5.56 Å². The predicted octanol–water partition coefficient (Wildman–Crippen LogP) is 5.45. The molecule has 0 unspecified atom stereocenters. The van der Waals surface area contributed by atoms with Gasteiger partial charge in [-0.15, -0.1) is 11.8 Å². The van der Waals surface area contributed by atoms with Crippen LogP contribution in [0.1, 0.15) is 25.1 Å². The fourth-order valence-corrected chi connectivity index (χ4v) is 4.61. The Bertz CT molecular complexity index is 1400. The van der Waals surface area contributed by atoms with Gasteiger partial charge >= 0.3 is 6.03 Å². The van der Waals surface area contributed by atoms with Gasteiger partial charge < -0.3 is 10.6 Å². The summed E-state index contributed by atoms with van der Waals surface area (Å²) in [6, 6.07) is 14.0. The van der Waals surface area contributed by atoms with Crippen molar-refractivity contribution >= 4 is 46.5 Å². The number of carbonyl (C=O) groups is 1. The van der Waals surface area contributed by atoms with Crippen LogP contribution in [0.4, 0.5) is 16.2 Å². The van der Waals surface area contributed by atoms with Crippen molar-refractivity contribution in [2.75, 3.05) is 10.6 Å². The average Bonchev–Trinajstić information content (AvgIpc) is 3.17. The minimum absolute atomic E-state index is 0.167. The lowest BCUT2D eigenvalue weighted by Crippen LogP contribution is -2.22. The van der Waals surface area contributed by atoms with Crippen LogP contribution in [0.15, 0.2) is 64.5 Å². The molecule has 0 bridgehead atoms. The molecule has 34 heavy (non-hydrogen) atoms. The molecule has 0 fully saturated rings. The van der Waals surface area contributed by atoms with Gasteiger partial charge in [0.2, 0.25) is 0 Å². The molecular formula is C24H25ClN6O2S. The van der Waals surface area contributed by atoms with E-state index < -0.39 is 6.03 Å². The van der Waals surface area contributed by atoms with Gasteiger partial charge in [-0.05, 0) is 42.7 Å². The third-order valence-electron chi connectivity index (χ3n) is 4.93. The summed E-state index contributed by atoms with van der Waals surface area (Å²) in [6.07, 6.45) is 1.64. The summed E-state index contributed by atoms with van der Waals surface area (Å²) >= 11 is 7.69. The van der Waals surface area contributed by atoms with Crippen LogP contribution in [0.5, 0.6) is 0 Å². The number of para-hydroxylation sites is 1. The molecule has 8 nitrogen and oxygen atoms in total. The van der Waals surface area contributed by atoms with Crippen LogP contribution in [-0.4, -0.2) is 25.2 Å². The lowest BCUT2D eigenvalue weighted by atomic mass is 10.2. The molecule has 10 heteroatoms. The second-order valence-corrected chi connectivity index (χ2v) is 9.73. The number of fused-ring (bicyclic) bond motifs is 1. The van der Waals surface area contributed by atoms with Gasteiger partial charge in [0.25, 0.3) is 11.3 Å².